The summed E-state index contributed by atoms with van der Waals surface area (Å²) in [5.74, 6) is -0.101. The Labute approximate surface area is 108 Å². The number of anilines is 1. The normalized spacial score (nSPS) is 10.6. The predicted octanol–water partition coefficient (Wildman–Crippen LogP) is 2.25. The third-order valence-electron chi connectivity index (χ3n) is 2.71. The van der Waals surface area contributed by atoms with Crippen LogP contribution in [-0.2, 0) is 0 Å². The number of nitrogens with one attached hydrogen (secondary N) is 1. The van der Waals surface area contributed by atoms with Gasteiger partial charge in [-0.15, -0.1) is 0 Å². The molecule has 0 aliphatic heterocycles. The van der Waals surface area contributed by atoms with Gasteiger partial charge in [-0.05, 0) is 18.2 Å². The van der Waals surface area contributed by atoms with Crippen LogP contribution in [0.4, 0.5) is 10.2 Å². The quantitative estimate of drug-likeness (QED) is 0.736. The molecule has 0 amide bonds. The van der Waals surface area contributed by atoms with Crippen molar-refractivity contribution >= 4 is 5.82 Å². The number of hydrogen-bond donors (Lipinski definition) is 2. The van der Waals surface area contributed by atoms with Gasteiger partial charge in [0.05, 0.1) is 23.1 Å². The van der Waals surface area contributed by atoms with E-state index >= 15 is 0 Å². The molecule has 0 unspecified atom stereocenters. The molecule has 0 saturated carbocycles. The molecule has 0 radical (unpaired) electrons. The Hall–Kier alpha value is -2.76. The van der Waals surface area contributed by atoms with Crippen molar-refractivity contribution in [2.75, 3.05) is 5.73 Å². The van der Waals surface area contributed by atoms with Crippen LogP contribution in [0.5, 0.6) is 0 Å². The fourth-order valence-electron chi connectivity index (χ4n) is 1.88. The lowest BCUT2D eigenvalue weighted by Gasteiger charge is -2.03. The second kappa shape index (κ2) is 4.49. The van der Waals surface area contributed by atoms with E-state index in [1.54, 1.807) is 12.4 Å². The standard InChI is InChI=1S/C13H10FN5/c14-9-5-8(6-16-7-9)12-11(13(15)19-18-12)10-3-1-2-4-17-10/h1-7H,(H3,15,18,19). The van der Waals surface area contributed by atoms with Crippen molar-refractivity contribution in [2.45, 2.75) is 0 Å². The Kier molecular flexibility index (Phi) is 2.68. The summed E-state index contributed by atoms with van der Waals surface area (Å²) in [7, 11) is 0. The average molecular weight is 255 g/mol. The van der Waals surface area contributed by atoms with E-state index in [4.69, 9.17) is 5.73 Å². The van der Waals surface area contributed by atoms with Crippen molar-refractivity contribution < 1.29 is 4.39 Å². The molecule has 5 nitrogen and oxygen atoms in total. The van der Waals surface area contributed by atoms with Gasteiger partial charge in [-0.3, -0.25) is 15.1 Å². The van der Waals surface area contributed by atoms with Gasteiger partial charge in [-0.25, -0.2) is 4.39 Å². The molecule has 0 atom stereocenters. The van der Waals surface area contributed by atoms with Gasteiger partial charge in [0.1, 0.15) is 5.82 Å². The molecule has 3 aromatic heterocycles. The van der Waals surface area contributed by atoms with Crippen molar-refractivity contribution in [3.8, 4) is 22.5 Å². The first-order chi connectivity index (χ1) is 9.25. The van der Waals surface area contributed by atoms with Gasteiger partial charge in [0.15, 0.2) is 5.82 Å². The molecule has 3 heterocycles. The maximum absolute atomic E-state index is 13.3. The first-order valence-electron chi connectivity index (χ1n) is 5.62. The first kappa shape index (κ1) is 11.3. The molecule has 0 fully saturated rings. The Balaban J connectivity index is 2.19. The van der Waals surface area contributed by atoms with E-state index in [0.717, 1.165) is 6.20 Å². The van der Waals surface area contributed by atoms with E-state index in [0.29, 0.717) is 28.3 Å². The largest absolute Gasteiger partial charge is 0.382 e. The molecule has 0 spiro atoms. The maximum Gasteiger partial charge on any atom is 0.155 e. The minimum atomic E-state index is -0.419. The van der Waals surface area contributed by atoms with Crippen LogP contribution < -0.4 is 5.73 Å². The molecule has 0 aliphatic carbocycles. The summed E-state index contributed by atoms with van der Waals surface area (Å²) in [6.45, 7) is 0. The Morgan fingerprint density at radius 1 is 1.21 bits per heavy atom. The number of H-pyrrole nitrogens is 1. The number of hydrogen-bond acceptors (Lipinski definition) is 4. The zero-order chi connectivity index (χ0) is 13.2. The van der Waals surface area contributed by atoms with E-state index in [9.17, 15) is 4.39 Å². The van der Waals surface area contributed by atoms with Gasteiger partial charge in [0, 0.05) is 18.0 Å². The molecular formula is C13H10FN5. The number of rotatable bonds is 2. The average Bonchev–Trinajstić information content (AvgIpc) is 2.82. The van der Waals surface area contributed by atoms with Gasteiger partial charge in [-0.1, -0.05) is 6.07 Å². The topological polar surface area (TPSA) is 80.5 Å². The molecule has 3 N–H and O–H groups in total. The molecular weight excluding hydrogens is 245 g/mol. The van der Waals surface area contributed by atoms with Crippen molar-refractivity contribution in [1.82, 2.24) is 20.2 Å². The summed E-state index contributed by atoms with van der Waals surface area (Å²) in [6.07, 6.45) is 4.35. The fraction of sp³-hybridized carbons (Fsp3) is 0. The number of aromatic amines is 1. The number of pyridine rings is 2. The number of nitrogens with two attached hydrogens (primary N) is 1. The van der Waals surface area contributed by atoms with E-state index in [-0.39, 0.29) is 0 Å². The van der Waals surface area contributed by atoms with Crippen LogP contribution in [0.2, 0.25) is 0 Å². The summed E-state index contributed by atoms with van der Waals surface area (Å²) in [6, 6.07) is 6.84. The highest BCUT2D eigenvalue weighted by atomic mass is 19.1. The van der Waals surface area contributed by atoms with E-state index in [1.807, 2.05) is 18.2 Å². The summed E-state index contributed by atoms with van der Waals surface area (Å²) in [5, 5.41) is 6.76. The molecule has 3 rings (SSSR count). The van der Waals surface area contributed by atoms with Crippen LogP contribution in [-0.4, -0.2) is 20.2 Å². The second-order valence-corrected chi connectivity index (χ2v) is 3.97. The van der Waals surface area contributed by atoms with Gasteiger partial charge >= 0.3 is 0 Å². The first-order valence-corrected chi connectivity index (χ1v) is 5.62. The number of nitrogens with zero attached hydrogens (tertiary/aromatic N) is 3. The highest BCUT2D eigenvalue weighted by Gasteiger charge is 2.16. The summed E-state index contributed by atoms with van der Waals surface area (Å²) in [4.78, 5) is 8.06. The summed E-state index contributed by atoms with van der Waals surface area (Å²) in [5.41, 5.74) is 8.35. The minimum absolute atomic E-state index is 0.318. The molecule has 0 bridgehead atoms. The smallest absolute Gasteiger partial charge is 0.155 e. The molecule has 94 valence electrons. The minimum Gasteiger partial charge on any atom is -0.382 e. The molecule has 3 aromatic rings. The van der Waals surface area contributed by atoms with Crippen molar-refractivity contribution in [2.24, 2.45) is 0 Å². The van der Waals surface area contributed by atoms with Crippen LogP contribution in [0.1, 0.15) is 0 Å². The Bertz CT molecular complexity index is 708. The SMILES string of the molecule is Nc1n[nH]c(-c2cncc(F)c2)c1-c1ccccn1. The zero-order valence-corrected chi connectivity index (χ0v) is 9.84. The highest BCUT2D eigenvalue weighted by molar-refractivity contribution is 5.85. The zero-order valence-electron chi connectivity index (χ0n) is 9.84. The van der Waals surface area contributed by atoms with E-state index < -0.39 is 5.82 Å². The lowest BCUT2D eigenvalue weighted by molar-refractivity contribution is 0.622. The molecule has 0 aliphatic rings. The highest BCUT2D eigenvalue weighted by Crippen LogP contribution is 2.33. The van der Waals surface area contributed by atoms with Gasteiger partial charge in [0.25, 0.3) is 0 Å². The number of halogens is 1. The lowest BCUT2D eigenvalue weighted by Crippen LogP contribution is -1.91. The van der Waals surface area contributed by atoms with Gasteiger partial charge < -0.3 is 5.73 Å². The number of nitrogen functional groups attached to an aromatic ring is 1. The van der Waals surface area contributed by atoms with Crippen LogP contribution >= 0.6 is 0 Å². The predicted molar refractivity (Wildman–Crippen MR) is 69.4 cm³/mol. The maximum atomic E-state index is 13.3. The lowest BCUT2D eigenvalue weighted by atomic mass is 10.1. The van der Waals surface area contributed by atoms with Crippen molar-refractivity contribution in [3.63, 3.8) is 0 Å². The third-order valence-corrected chi connectivity index (χ3v) is 2.71. The van der Waals surface area contributed by atoms with Crippen LogP contribution in [0.25, 0.3) is 22.5 Å². The van der Waals surface area contributed by atoms with Crippen molar-refractivity contribution in [3.05, 3.63) is 48.7 Å². The molecule has 6 heteroatoms. The van der Waals surface area contributed by atoms with Gasteiger partial charge in [-0.2, -0.15) is 5.10 Å². The van der Waals surface area contributed by atoms with E-state index in [1.165, 1.54) is 6.07 Å². The summed E-state index contributed by atoms with van der Waals surface area (Å²) >= 11 is 0. The Morgan fingerprint density at radius 3 is 2.84 bits per heavy atom. The van der Waals surface area contributed by atoms with Crippen molar-refractivity contribution in [1.29, 1.82) is 0 Å². The molecule has 0 saturated heterocycles. The van der Waals surface area contributed by atoms with Crippen LogP contribution in [0, 0.1) is 5.82 Å². The number of aromatic nitrogens is 4. The van der Waals surface area contributed by atoms with Crippen LogP contribution in [0.15, 0.2) is 42.9 Å². The molecule has 0 aromatic carbocycles. The van der Waals surface area contributed by atoms with Gasteiger partial charge in [0.2, 0.25) is 0 Å². The fourth-order valence-corrected chi connectivity index (χ4v) is 1.88. The Morgan fingerprint density at radius 2 is 2.11 bits per heavy atom. The van der Waals surface area contributed by atoms with E-state index in [2.05, 4.69) is 20.2 Å². The molecule has 19 heavy (non-hydrogen) atoms. The monoisotopic (exact) mass is 255 g/mol. The van der Waals surface area contributed by atoms with Crippen LogP contribution in [0.3, 0.4) is 0 Å². The summed E-state index contributed by atoms with van der Waals surface area (Å²) < 4.78 is 13.3. The second-order valence-electron chi connectivity index (χ2n) is 3.97. The third kappa shape index (κ3) is 2.03.